The molecule has 9 heteroatoms. The van der Waals surface area contributed by atoms with E-state index in [1.807, 2.05) is 6.92 Å². The van der Waals surface area contributed by atoms with Crippen molar-refractivity contribution in [3.8, 4) is 0 Å². The van der Waals surface area contributed by atoms with Gasteiger partial charge < -0.3 is 5.32 Å². The topological polar surface area (TPSA) is 104 Å². The second-order valence-corrected chi connectivity index (χ2v) is 7.95. The van der Waals surface area contributed by atoms with Crippen molar-refractivity contribution < 1.29 is 13.2 Å². The monoisotopic (exact) mass is 404 g/mol. The molecule has 0 unspecified atom stereocenters. The molecule has 0 radical (unpaired) electrons. The Morgan fingerprint density at radius 2 is 1.93 bits per heavy atom. The fraction of sp³-hybridized carbons (Fsp3) is 0.111. The normalized spacial score (nSPS) is 11.2. The summed E-state index contributed by atoms with van der Waals surface area (Å²) in [7, 11) is -4.00. The van der Waals surface area contributed by atoms with E-state index in [9.17, 15) is 13.2 Å². The maximum absolute atomic E-state index is 12.6. The van der Waals surface area contributed by atoms with Crippen molar-refractivity contribution in [2.45, 2.75) is 18.5 Å². The number of hydrogen-bond donors (Lipinski definition) is 3. The minimum Gasteiger partial charge on any atom is -0.348 e. The second-order valence-electron chi connectivity index (χ2n) is 5.90. The number of sulfonamides is 1. The molecule has 3 rings (SSSR count). The predicted octanol–water partition coefficient (Wildman–Crippen LogP) is 3.10. The van der Waals surface area contributed by atoms with Crippen LogP contribution in [0.3, 0.4) is 0 Å². The standard InChI is InChI=1S/C18H17ClN4O3S/c1-12-5-7-15(8-6-12)23-27(25,26)18-16(11-21-22-18)17(24)20-10-13-3-2-4-14(19)9-13/h2-9,11,23H,10H2,1H3,(H,20,24)(H,21,22). The first kappa shape index (κ1) is 18.9. The molecule has 0 aliphatic rings. The number of aryl methyl sites for hydroxylation is 1. The van der Waals surface area contributed by atoms with E-state index in [1.54, 1.807) is 48.5 Å². The van der Waals surface area contributed by atoms with E-state index in [1.165, 1.54) is 6.20 Å². The number of rotatable bonds is 6. The highest BCUT2D eigenvalue weighted by atomic mass is 35.5. The molecule has 140 valence electrons. The molecule has 1 heterocycles. The molecular formula is C18H17ClN4O3S. The van der Waals surface area contributed by atoms with Crippen LogP contribution >= 0.6 is 11.6 Å². The van der Waals surface area contributed by atoms with E-state index >= 15 is 0 Å². The van der Waals surface area contributed by atoms with Gasteiger partial charge in [-0.2, -0.15) is 13.5 Å². The molecule has 0 saturated carbocycles. The van der Waals surface area contributed by atoms with E-state index in [2.05, 4.69) is 20.2 Å². The zero-order chi connectivity index (χ0) is 19.4. The molecule has 0 spiro atoms. The van der Waals surface area contributed by atoms with Gasteiger partial charge in [0.15, 0.2) is 5.03 Å². The lowest BCUT2D eigenvalue weighted by Gasteiger charge is -2.09. The molecule has 3 aromatic rings. The first-order chi connectivity index (χ1) is 12.8. The Kier molecular flexibility index (Phi) is 5.48. The summed E-state index contributed by atoms with van der Waals surface area (Å²) in [5, 5.41) is 9.01. The molecule has 0 saturated heterocycles. The molecule has 27 heavy (non-hydrogen) atoms. The molecule has 1 amide bonds. The van der Waals surface area contributed by atoms with Crippen molar-refractivity contribution in [3.63, 3.8) is 0 Å². The first-order valence-electron chi connectivity index (χ1n) is 8.01. The van der Waals surface area contributed by atoms with Gasteiger partial charge in [-0.15, -0.1) is 0 Å². The maximum atomic E-state index is 12.6. The highest BCUT2D eigenvalue weighted by Crippen LogP contribution is 2.18. The van der Waals surface area contributed by atoms with E-state index in [0.717, 1.165) is 11.1 Å². The number of H-pyrrole nitrogens is 1. The lowest BCUT2D eigenvalue weighted by atomic mass is 10.2. The Morgan fingerprint density at radius 3 is 2.63 bits per heavy atom. The Labute approximate surface area is 161 Å². The zero-order valence-electron chi connectivity index (χ0n) is 14.4. The van der Waals surface area contributed by atoms with Gasteiger partial charge in [-0.1, -0.05) is 41.4 Å². The maximum Gasteiger partial charge on any atom is 0.279 e. The molecule has 0 bridgehead atoms. The largest absolute Gasteiger partial charge is 0.348 e. The van der Waals surface area contributed by atoms with E-state index < -0.39 is 15.9 Å². The first-order valence-corrected chi connectivity index (χ1v) is 9.87. The van der Waals surface area contributed by atoms with Crippen LogP contribution in [0.25, 0.3) is 0 Å². The average Bonchev–Trinajstić information content (AvgIpc) is 3.12. The van der Waals surface area contributed by atoms with Crippen molar-refractivity contribution >= 4 is 33.2 Å². The molecule has 7 nitrogen and oxygen atoms in total. The predicted molar refractivity (Wildman–Crippen MR) is 103 cm³/mol. The van der Waals surface area contributed by atoms with Crippen LogP contribution < -0.4 is 10.0 Å². The van der Waals surface area contributed by atoms with Gasteiger partial charge in [-0.3, -0.25) is 14.6 Å². The summed E-state index contributed by atoms with van der Waals surface area (Å²) in [5.74, 6) is -0.562. The van der Waals surface area contributed by atoms with Gasteiger partial charge in [0, 0.05) is 17.3 Å². The van der Waals surface area contributed by atoms with Crippen LogP contribution in [0.2, 0.25) is 5.02 Å². The van der Waals surface area contributed by atoms with Gasteiger partial charge in [0.1, 0.15) is 0 Å². The van der Waals surface area contributed by atoms with Crippen LogP contribution in [-0.4, -0.2) is 24.5 Å². The average molecular weight is 405 g/mol. The molecule has 3 N–H and O–H groups in total. The third kappa shape index (κ3) is 4.66. The number of nitrogens with zero attached hydrogens (tertiary/aromatic N) is 1. The Hall–Kier alpha value is -2.84. The van der Waals surface area contributed by atoms with Gasteiger partial charge >= 0.3 is 0 Å². The van der Waals surface area contributed by atoms with Crippen molar-refractivity contribution in [1.82, 2.24) is 15.5 Å². The summed E-state index contributed by atoms with van der Waals surface area (Å²) in [6.45, 7) is 2.10. The number of benzene rings is 2. The van der Waals surface area contributed by atoms with Crippen LogP contribution in [-0.2, 0) is 16.6 Å². The number of anilines is 1. The molecule has 0 fully saturated rings. The minimum absolute atomic E-state index is 0.0726. The number of halogens is 1. The van der Waals surface area contributed by atoms with Crippen LogP contribution in [0.15, 0.2) is 59.8 Å². The molecule has 1 aromatic heterocycles. The van der Waals surface area contributed by atoms with Gasteiger partial charge in [0.2, 0.25) is 0 Å². The highest BCUT2D eigenvalue weighted by molar-refractivity contribution is 7.92. The molecule has 2 aromatic carbocycles. The summed E-state index contributed by atoms with van der Waals surface area (Å²) in [5.41, 5.74) is 2.11. The molecule has 0 aliphatic carbocycles. The Balaban J connectivity index is 1.75. The molecule has 0 aliphatic heterocycles. The number of nitrogens with one attached hydrogen (secondary N) is 3. The summed E-state index contributed by atoms with van der Waals surface area (Å²) in [6, 6.07) is 13.9. The Bertz CT molecular complexity index is 1060. The van der Waals surface area contributed by atoms with Crippen molar-refractivity contribution in [3.05, 3.63) is 76.4 Å². The fourth-order valence-corrected chi connectivity index (χ4v) is 3.76. The van der Waals surface area contributed by atoms with E-state index in [4.69, 9.17) is 11.6 Å². The molecular weight excluding hydrogens is 388 g/mol. The SMILES string of the molecule is Cc1ccc(NS(=O)(=O)c2[nH]ncc2C(=O)NCc2cccc(Cl)c2)cc1. The van der Waals surface area contributed by atoms with Gasteiger partial charge in [-0.25, -0.2) is 0 Å². The van der Waals surface area contributed by atoms with E-state index in [-0.39, 0.29) is 17.1 Å². The van der Waals surface area contributed by atoms with Crippen molar-refractivity contribution in [2.24, 2.45) is 0 Å². The number of amides is 1. The third-order valence-electron chi connectivity index (χ3n) is 3.76. The van der Waals surface area contributed by atoms with Crippen molar-refractivity contribution in [2.75, 3.05) is 4.72 Å². The molecule has 0 atom stereocenters. The highest BCUT2D eigenvalue weighted by Gasteiger charge is 2.25. The minimum atomic E-state index is -4.00. The van der Waals surface area contributed by atoms with Gasteiger partial charge in [0.05, 0.1) is 11.8 Å². The number of carbonyl (C=O) groups excluding carboxylic acids is 1. The van der Waals surface area contributed by atoms with Gasteiger partial charge in [0.25, 0.3) is 15.9 Å². The number of aromatic nitrogens is 2. The van der Waals surface area contributed by atoms with E-state index in [0.29, 0.717) is 10.7 Å². The number of hydrogen-bond acceptors (Lipinski definition) is 4. The zero-order valence-corrected chi connectivity index (χ0v) is 15.9. The van der Waals surface area contributed by atoms with Crippen LogP contribution in [0.4, 0.5) is 5.69 Å². The lowest BCUT2D eigenvalue weighted by molar-refractivity contribution is 0.0947. The summed E-state index contributed by atoms with van der Waals surface area (Å²) in [4.78, 5) is 12.4. The summed E-state index contributed by atoms with van der Waals surface area (Å²) >= 11 is 5.92. The number of carbonyl (C=O) groups is 1. The summed E-state index contributed by atoms with van der Waals surface area (Å²) < 4.78 is 27.7. The second kappa shape index (κ2) is 7.81. The smallest absolute Gasteiger partial charge is 0.279 e. The van der Waals surface area contributed by atoms with Crippen molar-refractivity contribution in [1.29, 1.82) is 0 Å². The Morgan fingerprint density at radius 1 is 1.19 bits per heavy atom. The van der Waals surface area contributed by atoms with Crippen LogP contribution in [0, 0.1) is 6.92 Å². The fourth-order valence-electron chi connectivity index (χ4n) is 2.39. The lowest BCUT2D eigenvalue weighted by Crippen LogP contribution is -2.25. The number of aromatic amines is 1. The summed E-state index contributed by atoms with van der Waals surface area (Å²) in [6.07, 6.45) is 1.18. The quantitative estimate of drug-likeness (QED) is 0.587. The van der Waals surface area contributed by atoms with Gasteiger partial charge in [-0.05, 0) is 36.8 Å². The third-order valence-corrected chi connectivity index (χ3v) is 5.35. The van der Waals surface area contributed by atoms with Crippen LogP contribution in [0.1, 0.15) is 21.5 Å². The van der Waals surface area contributed by atoms with Crippen LogP contribution in [0.5, 0.6) is 0 Å².